The van der Waals surface area contributed by atoms with Gasteiger partial charge in [0.15, 0.2) is 0 Å². The number of nitrogens with zero attached hydrogens (tertiary/aromatic N) is 1. The maximum Gasteiger partial charge on any atom is 0.306 e. The summed E-state index contributed by atoms with van der Waals surface area (Å²) < 4.78 is 34.8. The van der Waals surface area contributed by atoms with Crippen molar-refractivity contribution in [1.29, 1.82) is 0 Å². The first kappa shape index (κ1) is 67.9. The van der Waals surface area contributed by atoms with Gasteiger partial charge in [0.05, 0.1) is 34.4 Å². The fourth-order valence-electron chi connectivity index (χ4n) is 7.18. The van der Waals surface area contributed by atoms with Gasteiger partial charge < -0.3 is 27.9 Å². The van der Waals surface area contributed by atoms with Gasteiger partial charge in [-0.2, -0.15) is 0 Å². The van der Waals surface area contributed by atoms with Crippen LogP contribution < -0.4 is 4.89 Å². The number of rotatable bonds is 51. The van der Waals surface area contributed by atoms with Crippen LogP contribution in [-0.4, -0.2) is 70.7 Å². The number of likely N-dealkylation sites (N-methyl/N-ethyl adjacent to an activating group) is 1. The first-order valence-corrected chi connectivity index (χ1v) is 29.7. The molecule has 0 aromatic carbocycles. The highest BCUT2D eigenvalue weighted by Gasteiger charge is 2.20. The summed E-state index contributed by atoms with van der Waals surface area (Å²) in [5.74, 6) is -0.355. The Morgan fingerprint density at radius 1 is 0.451 bits per heavy atom. The zero-order chi connectivity index (χ0) is 51.9. The first-order valence-electron chi connectivity index (χ1n) is 28.3. The van der Waals surface area contributed by atoms with Crippen LogP contribution >= 0.6 is 7.82 Å². The minimum Gasteiger partial charge on any atom is -0.756 e. The molecule has 0 spiro atoms. The molecule has 8 nitrogen and oxygen atoms in total. The number of quaternary nitrogens is 1. The van der Waals surface area contributed by atoms with E-state index >= 15 is 0 Å². The van der Waals surface area contributed by atoms with Crippen molar-refractivity contribution in [2.75, 3.05) is 54.1 Å². The van der Waals surface area contributed by atoms with E-state index in [4.69, 9.17) is 18.5 Å². The molecular weight excluding hydrogens is 902 g/mol. The van der Waals surface area contributed by atoms with E-state index in [2.05, 4.69) is 135 Å². The number of ether oxygens (including phenoxy) is 2. The standard InChI is InChI=1S/C62H106NO7P/c1-6-8-10-12-14-16-18-20-22-24-26-28-30-31-32-34-36-38-40-42-44-46-48-50-52-54-57-67-59-61(60-69-71(65,66)68-58-56-63(3,4)5)70-62(64)55-53-51-49-47-45-43-41-39-37-35-33-29-27-25-23-21-19-17-15-13-11-9-7-2/h8,10,14,16,19-22,25-28,31-33,35-36,38,42,44,61H,6-7,9,11-13,15,17-18,23-24,29-30,34,37,39-41,43,45-60H2,1-5H3/b10-8-,16-14-,21-19-,22-20-,27-25-,28-26-,32-31-,35-33-,38-36-,44-42-. The summed E-state index contributed by atoms with van der Waals surface area (Å²) in [5, 5.41) is 0. The van der Waals surface area contributed by atoms with Crippen LogP contribution in [0.25, 0.3) is 0 Å². The fraction of sp³-hybridized carbons (Fsp3) is 0.661. The molecule has 0 aromatic rings. The number of allylic oxidation sites excluding steroid dienone is 20. The molecule has 0 aliphatic carbocycles. The van der Waals surface area contributed by atoms with Crippen molar-refractivity contribution >= 4 is 13.8 Å². The van der Waals surface area contributed by atoms with E-state index in [0.29, 0.717) is 24.1 Å². The third-order valence-electron chi connectivity index (χ3n) is 11.5. The maximum absolute atomic E-state index is 12.8. The number of hydrogen-bond acceptors (Lipinski definition) is 7. The lowest BCUT2D eigenvalue weighted by Crippen LogP contribution is -2.37. The second kappa shape index (κ2) is 53.2. The molecule has 71 heavy (non-hydrogen) atoms. The molecule has 0 fully saturated rings. The summed E-state index contributed by atoms with van der Waals surface area (Å²) in [4.78, 5) is 25.3. The Morgan fingerprint density at radius 3 is 1.23 bits per heavy atom. The number of phosphoric ester groups is 1. The average Bonchev–Trinajstić information content (AvgIpc) is 3.33. The van der Waals surface area contributed by atoms with Crippen molar-refractivity contribution in [3.63, 3.8) is 0 Å². The molecule has 2 unspecified atom stereocenters. The molecule has 9 heteroatoms. The van der Waals surface area contributed by atoms with Crippen LogP contribution in [0.15, 0.2) is 122 Å². The van der Waals surface area contributed by atoms with Crippen molar-refractivity contribution in [2.45, 2.75) is 213 Å². The number of carbonyl (C=O) groups is 1. The van der Waals surface area contributed by atoms with Gasteiger partial charge in [0.25, 0.3) is 7.82 Å². The second-order valence-electron chi connectivity index (χ2n) is 19.6. The lowest BCUT2D eigenvalue weighted by atomic mass is 10.1. The summed E-state index contributed by atoms with van der Waals surface area (Å²) in [7, 11) is 1.31. The zero-order valence-corrected chi connectivity index (χ0v) is 47.0. The third kappa shape index (κ3) is 57.7. The quantitative estimate of drug-likeness (QED) is 0.0197. The Balaban J connectivity index is 4.22. The van der Waals surface area contributed by atoms with Crippen molar-refractivity contribution in [3.05, 3.63) is 122 Å². The molecule has 0 bridgehead atoms. The normalized spacial score (nSPS) is 14.4. The van der Waals surface area contributed by atoms with Gasteiger partial charge in [0.1, 0.15) is 19.3 Å². The minimum atomic E-state index is -4.55. The lowest BCUT2D eigenvalue weighted by Gasteiger charge is -2.28. The number of carbonyl (C=O) groups excluding carboxylic acids is 1. The van der Waals surface area contributed by atoms with Gasteiger partial charge >= 0.3 is 5.97 Å². The molecule has 0 aliphatic heterocycles. The van der Waals surface area contributed by atoms with E-state index in [-0.39, 0.29) is 25.8 Å². The number of phosphoric acid groups is 1. The predicted octanol–water partition coefficient (Wildman–Crippen LogP) is 17.4. The fourth-order valence-corrected chi connectivity index (χ4v) is 7.91. The summed E-state index contributed by atoms with van der Waals surface area (Å²) >= 11 is 0. The van der Waals surface area contributed by atoms with Gasteiger partial charge in [-0.15, -0.1) is 0 Å². The molecular formula is C62H106NO7P. The topological polar surface area (TPSA) is 94.1 Å². The smallest absolute Gasteiger partial charge is 0.306 e. The van der Waals surface area contributed by atoms with Crippen LogP contribution in [0.3, 0.4) is 0 Å². The third-order valence-corrected chi connectivity index (χ3v) is 12.5. The Morgan fingerprint density at radius 2 is 0.817 bits per heavy atom. The van der Waals surface area contributed by atoms with Crippen LogP contribution in [0.1, 0.15) is 206 Å². The molecule has 0 aliphatic rings. The second-order valence-corrected chi connectivity index (χ2v) is 21.0. The molecule has 0 N–H and O–H groups in total. The molecule has 406 valence electrons. The van der Waals surface area contributed by atoms with Crippen LogP contribution in [0, 0.1) is 0 Å². The lowest BCUT2D eigenvalue weighted by molar-refractivity contribution is -0.870. The van der Waals surface area contributed by atoms with E-state index in [1.807, 2.05) is 21.1 Å². The molecule has 0 saturated heterocycles. The molecule has 0 aromatic heterocycles. The highest BCUT2D eigenvalue weighted by Crippen LogP contribution is 2.38. The van der Waals surface area contributed by atoms with E-state index < -0.39 is 13.9 Å². The predicted molar refractivity (Wildman–Crippen MR) is 304 cm³/mol. The van der Waals surface area contributed by atoms with Crippen LogP contribution in [0.2, 0.25) is 0 Å². The molecule has 2 atom stereocenters. The van der Waals surface area contributed by atoms with Crippen molar-refractivity contribution in [3.8, 4) is 0 Å². The van der Waals surface area contributed by atoms with Crippen LogP contribution in [-0.2, 0) is 27.9 Å². The Kier molecular flexibility index (Phi) is 50.9. The minimum absolute atomic E-state index is 0.0117. The molecule has 0 saturated carbocycles. The Labute approximate surface area is 437 Å². The van der Waals surface area contributed by atoms with Gasteiger partial charge in [0, 0.05) is 13.0 Å². The largest absolute Gasteiger partial charge is 0.756 e. The van der Waals surface area contributed by atoms with Gasteiger partial charge in [-0.1, -0.05) is 212 Å². The van der Waals surface area contributed by atoms with Gasteiger partial charge in [-0.05, 0) is 109 Å². The highest BCUT2D eigenvalue weighted by atomic mass is 31.2. The summed E-state index contributed by atoms with van der Waals surface area (Å²) in [6.45, 7) is 5.19. The first-order chi connectivity index (χ1) is 34.6. The zero-order valence-electron chi connectivity index (χ0n) is 46.1. The van der Waals surface area contributed by atoms with Gasteiger partial charge in [0.2, 0.25) is 0 Å². The molecule has 0 rings (SSSR count). The highest BCUT2D eigenvalue weighted by molar-refractivity contribution is 7.45. The molecule has 0 heterocycles. The van der Waals surface area contributed by atoms with E-state index in [1.165, 1.54) is 70.6 Å². The van der Waals surface area contributed by atoms with E-state index in [1.54, 1.807) is 0 Å². The number of unbranched alkanes of at least 4 members (excludes halogenated alkanes) is 17. The van der Waals surface area contributed by atoms with E-state index in [0.717, 1.165) is 116 Å². The molecule has 0 amide bonds. The number of hydrogen-bond donors (Lipinski definition) is 0. The average molecular weight is 1010 g/mol. The summed E-state index contributed by atoms with van der Waals surface area (Å²) in [6.07, 6.45) is 76.6. The Hall–Kier alpha value is -3.10. The Bertz CT molecular complexity index is 1550. The van der Waals surface area contributed by atoms with Gasteiger partial charge in [-0.25, -0.2) is 0 Å². The number of esters is 1. The van der Waals surface area contributed by atoms with Crippen LogP contribution in [0.5, 0.6) is 0 Å². The van der Waals surface area contributed by atoms with Crippen molar-refractivity contribution in [1.82, 2.24) is 0 Å². The summed E-state index contributed by atoms with van der Waals surface area (Å²) in [6, 6.07) is 0. The van der Waals surface area contributed by atoms with Crippen molar-refractivity contribution < 1.29 is 37.3 Å². The monoisotopic (exact) mass is 1010 g/mol. The van der Waals surface area contributed by atoms with Gasteiger partial charge in [-0.3, -0.25) is 9.36 Å². The maximum atomic E-state index is 12.8. The van der Waals surface area contributed by atoms with E-state index in [9.17, 15) is 14.3 Å². The summed E-state index contributed by atoms with van der Waals surface area (Å²) in [5.41, 5.74) is 0. The van der Waals surface area contributed by atoms with Crippen LogP contribution in [0.4, 0.5) is 0 Å². The molecule has 0 radical (unpaired) electrons. The van der Waals surface area contributed by atoms with Crippen molar-refractivity contribution in [2.24, 2.45) is 0 Å². The SMILES string of the molecule is CC/C=C\C/C=C\C/C=C\C/C=C\C/C=C\C/C=C\C/C=C\CCCCCCOCC(COP(=O)([O-])OCC[N+](C)(C)C)OC(=O)CCCCCCCCCC/C=C\C/C=C\C/C=C\CCCCCCC.